The molecule has 22 heavy (non-hydrogen) atoms. The molecule has 0 unspecified atom stereocenters. The van der Waals surface area contributed by atoms with E-state index in [1.54, 1.807) is 24.4 Å². The van der Waals surface area contributed by atoms with Crippen LogP contribution in [0.15, 0.2) is 36.5 Å². The number of carboxylic acid groups (broad SMARTS) is 2. The summed E-state index contributed by atoms with van der Waals surface area (Å²) >= 11 is 0. The zero-order valence-electron chi connectivity index (χ0n) is 12.1. The number of nitrogens with zero attached hydrogens (tertiary/aromatic N) is 2. The minimum atomic E-state index is -0.848. The van der Waals surface area contributed by atoms with Crippen LogP contribution < -0.4 is 5.32 Å². The largest absolute Gasteiger partial charge is 0.483 e. The molecule has 2 rings (SSSR count). The number of nitrogens with one attached hydrogen (secondary N) is 1. The average Bonchev–Trinajstić information content (AvgIpc) is 2.48. The third-order valence-corrected chi connectivity index (χ3v) is 2.55. The van der Waals surface area contributed by atoms with Gasteiger partial charge in [0.25, 0.3) is 6.47 Å². The van der Waals surface area contributed by atoms with E-state index in [1.165, 1.54) is 0 Å². The molecule has 0 aliphatic rings. The zero-order chi connectivity index (χ0) is 16.4. The van der Waals surface area contributed by atoms with Crippen LogP contribution in [0.3, 0.4) is 0 Å². The summed E-state index contributed by atoms with van der Waals surface area (Å²) in [6.45, 7) is 2.53. The molecule has 2 aromatic rings. The molecule has 116 valence electrons. The number of aromatic nitrogens is 2. The van der Waals surface area contributed by atoms with E-state index in [0.717, 1.165) is 23.5 Å². The first-order chi connectivity index (χ1) is 10.6. The Morgan fingerprint density at radius 3 is 2.73 bits per heavy atom. The Morgan fingerprint density at radius 2 is 2.09 bits per heavy atom. The summed E-state index contributed by atoms with van der Waals surface area (Å²) in [5.41, 5.74) is 1.56. The van der Waals surface area contributed by atoms with Crippen molar-refractivity contribution in [1.82, 2.24) is 9.97 Å². The summed E-state index contributed by atoms with van der Waals surface area (Å²) in [5, 5.41) is 18.8. The van der Waals surface area contributed by atoms with Gasteiger partial charge in [-0.3, -0.25) is 9.59 Å². The Bertz CT molecular complexity index is 632. The van der Waals surface area contributed by atoms with Crippen LogP contribution in [0.5, 0.6) is 0 Å². The van der Waals surface area contributed by atoms with Crippen molar-refractivity contribution < 1.29 is 19.8 Å². The van der Waals surface area contributed by atoms with E-state index in [0.29, 0.717) is 5.82 Å². The molecule has 1 aromatic heterocycles. The number of hydrogen-bond donors (Lipinski definition) is 3. The van der Waals surface area contributed by atoms with Crippen molar-refractivity contribution in [2.45, 2.75) is 13.3 Å². The SMILES string of the molecule is CCNc1ccnc(-c2cccc(CC(=O)O)c2)n1.O=CO. The molecule has 0 amide bonds. The summed E-state index contributed by atoms with van der Waals surface area (Å²) in [6, 6.07) is 9.08. The van der Waals surface area contributed by atoms with Gasteiger partial charge in [-0.2, -0.15) is 0 Å². The van der Waals surface area contributed by atoms with Crippen molar-refractivity contribution in [2.24, 2.45) is 0 Å². The Labute approximate surface area is 127 Å². The van der Waals surface area contributed by atoms with Gasteiger partial charge < -0.3 is 15.5 Å². The van der Waals surface area contributed by atoms with Crippen LogP contribution in [-0.2, 0) is 16.0 Å². The first kappa shape index (κ1) is 17.1. The molecule has 0 aliphatic carbocycles. The van der Waals surface area contributed by atoms with Crippen molar-refractivity contribution in [3.05, 3.63) is 42.1 Å². The highest BCUT2D eigenvalue weighted by atomic mass is 16.4. The zero-order valence-corrected chi connectivity index (χ0v) is 12.1. The molecule has 0 saturated heterocycles. The van der Waals surface area contributed by atoms with E-state index in [9.17, 15) is 4.79 Å². The quantitative estimate of drug-likeness (QED) is 0.723. The molecule has 1 heterocycles. The molecule has 0 saturated carbocycles. The van der Waals surface area contributed by atoms with Crippen molar-refractivity contribution >= 4 is 18.3 Å². The Kier molecular flexibility index (Phi) is 7.04. The molecule has 0 fully saturated rings. The van der Waals surface area contributed by atoms with E-state index >= 15 is 0 Å². The molecule has 0 atom stereocenters. The molecule has 0 radical (unpaired) electrons. The molecule has 3 N–H and O–H groups in total. The van der Waals surface area contributed by atoms with Gasteiger partial charge in [-0.1, -0.05) is 18.2 Å². The van der Waals surface area contributed by atoms with Gasteiger partial charge in [0.15, 0.2) is 5.82 Å². The minimum absolute atomic E-state index is 0.000735. The van der Waals surface area contributed by atoms with Crippen molar-refractivity contribution in [3.8, 4) is 11.4 Å². The molecule has 0 bridgehead atoms. The molecule has 7 heteroatoms. The van der Waals surface area contributed by atoms with Crippen LogP contribution in [0, 0.1) is 0 Å². The molecular weight excluding hydrogens is 286 g/mol. The number of carboxylic acids is 1. The third-order valence-electron chi connectivity index (χ3n) is 2.55. The van der Waals surface area contributed by atoms with Gasteiger partial charge in [0, 0.05) is 18.3 Å². The van der Waals surface area contributed by atoms with Crippen LogP contribution in [0.2, 0.25) is 0 Å². The topological polar surface area (TPSA) is 112 Å². The Hall–Kier alpha value is -2.96. The van der Waals surface area contributed by atoms with Gasteiger partial charge in [-0.25, -0.2) is 9.97 Å². The summed E-state index contributed by atoms with van der Waals surface area (Å²) in [5.74, 6) is 0.501. The lowest BCUT2D eigenvalue weighted by Crippen LogP contribution is -2.02. The second-order valence-electron chi connectivity index (χ2n) is 4.17. The van der Waals surface area contributed by atoms with E-state index < -0.39 is 5.97 Å². The Morgan fingerprint density at radius 1 is 1.36 bits per heavy atom. The maximum Gasteiger partial charge on any atom is 0.307 e. The lowest BCUT2D eigenvalue weighted by atomic mass is 10.1. The average molecular weight is 303 g/mol. The number of rotatable bonds is 5. The second-order valence-corrected chi connectivity index (χ2v) is 4.17. The summed E-state index contributed by atoms with van der Waals surface area (Å²) < 4.78 is 0. The smallest absolute Gasteiger partial charge is 0.307 e. The number of benzene rings is 1. The van der Waals surface area contributed by atoms with E-state index in [2.05, 4.69) is 15.3 Å². The van der Waals surface area contributed by atoms with Gasteiger partial charge >= 0.3 is 5.97 Å². The van der Waals surface area contributed by atoms with Crippen LogP contribution in [0.1, 0.15) is 12.5 Å². The fraction of sp³-hybridized carbons (Fsp3) is 0.200. The lowest BCUT2D eigenvalue weighted by Gasteiger charge is -2.06. The highest BCUT2D eigenvalue weighted by molar-refractivity contribution is 5.71. The first-order valence-corrected chi connectivity index (χ1v) is 6.56. The van der Waals surface area contributed by atoms with Crippen LogP contribution in [-0.4, -0.2) is 39.2 Å². The predicted molar refractivity (Wildman–Crippen MR) is 81.7 cm³/mol. The van der Waals surface area contributed by atoms with E-state index in [-0.39, 0.29) is 12.9 Å². The van der Waals surface area contributed by atoms with E-state index in [1.807, 2.05) is 19.1 Å². The molecule has 0 spiro atoms. The third kappa shape index (κ3) is 5.58. The normalized spacial score (nSPS) is 9.32. The first-order valence-electron chi connectivity index (χ1n) is 6.56. The van der Waals surface area contributed by atoms with E-state index in [4.69, 9.17) is 15.0 Å². The fourth-order valence-electron chi connectivity index (χ4n) is 1.77. The van der Waals surface area contributed by atoms with Crippen molar-refractivity contribution in [2.75, 3.05) is 11.9 Å². The van der Waals surface area contributed by atoms with Crippen molar-refractivity contribution in [1.29, 1.82) is 0 Å². The number of carbonyl (C=O) groups is 2. The highest BCUT2D eigenvalue weighted by Gasteiger charge is 2.05. The fourth-order valence-corrected chi connectivity index (χ4v) is 1.77. The van der Waals surface area contributed by atoms with Crippen LogP contribution in [0.25, 0.3) is 11.4 Å². The Balaban J connectivity index is 0.000000745. The molecule has 0 aliphatic heterocycles. The van der Waals surface area contributed by atoms with Gasteiger partial charge in [0.1, 0.15) is 5.82 Å². The predicted octanol–water partition coefficient (Wildman–Crippen LogP) is 1.90. The van der Waals surface area contributed by atoms with Gasteiger partial charge in [-0.05, 0) is 24.6 Å². The van der Waals surface area contributed by atoms with Gasteiger partial charge in [0.05, 0.1) is 6.42 Å². The van der Waals surface area contributed by atoms with Gasteiger partial charge in [-0.15, -0.1) is 0 Å². The van der Waals surface area contributed by atoms with Gasteiger partial charge in [0.2, 0.25) is 0 Å². The molecule has 1 aromatic carbocycles. The second kappa shape index (κ2) is 9.06. The summed E-state index contributed by atoms with van der Waals surface area (Å²) in [4.78, 5) is 27.7. The minimum Gasteiger partial charge on any atom is -0.483 e. The summed E-state index contributed by atoms with van der Waals surface area (Å²) in [6.07, 6.45) is 1.69. The maximum atomic E-state index is 10.7. The standard InChI is InChI=1S/C14H15N3O2.CH2O2/c1-2-15-12-6-7-16-14(17-12)11-5-3-4-10(8-11)9-13(18)19;2-1-3/h3-8H,2,9H2,1H3,(H,18,19)(H,15,16,17);1H,(H,2,3). The van der Waals surface area contributed by atoms with Crippen LogP contribution >= 0.6 is 0 Å². The summed E-state index contributed by atoms with van der Waals surface area (Å²) in [7, 11) is 0. The number of aliphatic carboxylic acids is 1. The molecular formula is C15H17N3O4. The van der Waals surface area contributed by atoms with Crippen LogP contribution in [0.4, 0.5) is 5.82 Å². The number of anilines is 1. The van der Waals surface area contributed by atoms with Crippen molar-refractivity contribution in [3.63, 3.8) is 0 Å². The maximum absolute atomic E-state index is 10.7. The lowest BCUT2D eigenvalue weighted by molar-refractivity contribution is -0.136. The monoisotopic (exact) mass is 303 g/mol. The molecule has 7 nitrogen and oxygen atoms in total. The number of hydrogen-bond acceptors (Lipinski definition) is 5. The highest BCUT2D eigenvalue weighted by Crippen LogP contribution is 2.18.